The molecule has 0 aliphatic heterocycles. The molecule has 0 saturated carbocycles. The molecule has 0 unspecified atom stereocenters. The van der Waals surface area contributed by atoms with E-state index >= 15 is 0 Å². The van der Waals surface area contributed by atoms with Crippen LogP contribution < -0.4 is 11.1 Å². The molecule has 0 aromatic heterocycles. The van der Waals surface area contributed by atoms with Gasteiger partial charge in [0.05, 0.1) is 10.6 Å². The number of hydrogen-bond acceptors (Lipinski definition) is 2. The zero-order chi connectivity index (χ0) is 15.4. The molecule has 0 fully saturated rings. The maximum absolute atomic E-state index is 13.3. The van der Waals surface area contributed by atoms with Gasteiger partial charge in [0.2, 0.25) is 0 Å². The highest BCUT2D eigenvalue weighted by Gasteiger charge is 2.12. The van der Waals surface area contributed by atoms with Gasteiger partial charge >= 0.3 is 0 Å². The van der Waals surface area contributed by atoms with Gasteiger partial charge in [0.1, 0.15) is 10.8 Å². The van der Waals surface area contributed by atoms with E-state index in [1.54, 1.807) is 12.1 Å². The molecule has 0 aliphatic rings. The van der Waals surface area contributed by atoms with Gasteiger partial charge in [-0.2, -0.15) is 0 Å². The molecule has 3 N–H and O–H groups in total. The van der Waals surface area contributed by atoms with Gasteiger partial charge in [-0.25, -0.2) is 4.39 Å². The smallest absolute Gasteiger partial charge is 0.253 e. The summed E-state index contributed by atoms with van der Waals surface area (Å²) in [6.07, 6.45) is 0. The minimum Gasteiger partial charge on any atom is -0.389 e. The monoisotopic (exact) mass is 322 g/mol. The number of nitrogens with two attached hydrogens (primary N) is 1. The lowest BCUT2D eigenvalue weighted by molar-refractivity contribution is 0.0950. The number of rotatable bonds is 4. The van der Waals surface area contributed by atoms with Crippen molar-refractivity contribution in [3.05, 3.63) is 70.0 Å². The maximum Gasteiger partial charge on any atom is 0.253 e. The van der Waals surface area contributed by atoms with E-state index in [1.807, 2.05) is 12.1 Å². The number of amides is 1. The highest BCUT2D eigenvalue weighted by atomic mass is 35.5. The van der Waals surface area contributed by atoms with Gasteiger partial charge in [-0.05, 0) is 17.7 Å². The third kappa shape index (κ3) is 3.77. The van der Waals surface area contributed by atoms with Crippen LogP contribution in [0.2, 0.25) is 5.02 Å². The first-order chi connectivity index (χ1) is 9.99. The predicted molar refractivity (Wildman–Crippen MR) is 84.9 cm³/mol. The van der Waals surface area contributed by atoms with E-state index in [0.717, 1.165) is 11.1 Å². The van der Waals surface area contributed by atoms with E-state index in [2.05, 4.69) is 5.32 Å². The lowest BCUT2D eigenvalue weighted by Crippen LogP contribution is -2.23. The van der Waals surface area contributed by atoms with Crippen molar-refractivity contribution >= 4 is 34.7 Å². The van der Waals surface area contributed by atoms with E-state index in [9.17, 15) is 9.18 Å². The minimum atomic E-state index is -0.620. The summed E-state index contributed by atoms with van der Waals surface area (Å²) in [6, 6.07) is 11.3. The molecule has 0 bridgehead atoms. The highest BCUT2D eigenvalue weighted by molar-refractivity contribution is 7.80. The van der Waals surface area contributed by atoms with Crippen molar-refractivity contribution in [2.24, 2.45) is 5.73 Å². The SMILES string of the molecule is NC(=S)c1ccc(CNC(=O)c2cccc(F)c2Cl)cc1. The normalized spacial score (nSPS) is 10.2. The van der Waals surface area contributed by atoms with E-state index in [-0.39, 0.29) is 10.6 Å². The van der Waals surface area contributed by atoms with Gasteiger partial charge < -0.3 is 11.1 Å². The molecule has 2 rings (SSSR count). The summed E-state index contributed by atoms with van der Waals surface area (Å²) < 4.78 is 13.3. The Bertz CT molecular complexity index is 689. The first kappa shape index (κ1) is 15.4. The Balaban J connectivity index is 2.04. The quantitative estimate of drug-likeness (QED) is 0.851. The summed E-state index contributed by atoms with van der Waals surface area (Å²) in [5.74, 6) is -1.05. The predicted octanol–water partition coefficient (Wildman–Crippen LogP) is 3.04. The fraction of sp³-hybridized carbons (Fsp3) is 0.0667. The van der Waals surface area contributed by atoms with Crippen molar-refractivity contribution in [1.82, 2.24) is 5.32 Å². The molecule has 2 aromatic rings. The van der Waals surface area contributed by atoms with Crippen LogP contribution >= 0.6 is 23.8 Å². The van der Waals surface area contributed by atoms with Crippen LogP contribution in [0, 0.1) is 5.82 Å². The van der Waals surface area contributed by atoms with Gasteiger partial charge in [0.15, 0.2) is 0 Å². The lowest BCUT2D eigenvalue weighted by Gasteiger charge is -2.08. The summed E-state index contributed by atoms with van der Waals surface area (Å²) in [6.45, 7) is 0.295. The first-order valence-electron chi connectivity index (χ1n) is 6.10. The van der Waals surface area contributed by atoms with Crippen LogP contribution in [0.3, 0.4) is 0 Å². The van der Waals surface area contributed by atoms with Crippen LogP contribution in [0.4, 0.5) is 4.39 Å². The van der Waals surface area contributed by atoms with Crippen molar-refractivity contribution in [3.63, 3.8) is 0 Å². The minimum absolute atomic E-state index is 0.108. The number of benzene rings is 2. The molecule has 1 amide bonds. The Morgan fingerprint density at radius 3 is 2.52 bits per heavy atom. The first-order valence-corrected chi connectivity index (χ1v) is 6.88. The Hall–Kier alpha value is -1.98. The van der Waals surface area contributed by atoms with Gasteiger partial charge in [-0.3, -0.25) is 4.79 Å². The van der Waals surface area contributed by atoms with E-state index in [0.29, 0.717) is 11.5 Å². The van der Waals surface area contributed by atoms with E-state index in [1.165, 1.54) is 18.2 Å². The maximum atomic E-state index is 13.3. The molecule has 0 atom stereocenters. The van der Waals surface area contributed by atoms with Crippen LogP contribution in [0.15, 0.2) is 42.5 Å². The number of halogens is 2. The molecule has 3 nitrogen and oxygen atoms in total. The zero-order valence-corrected chi connectivity index (χ0v) is 12.5. The van der Waals surface area contributed by atoms with Gasteiger partial charge in [0, 0.05) is 12.1 Å². The summed E-state index contributed by atoms with van der Waals surface area (Å²) in [7, 11) is 0. The van der Waals surface area contributed by atoms with E-state index < -0.39 is 11.7 Å². The van der Waals surface area contributed by atoms with Crippen LogP contribution in [0.5, 0.6) is 0 Å². The molecule has 108 valence electrons. The molecule has 0 saturated heterocycles. The summed E-state index contributed by atoms with van der Waals surface area (Å²) in [4.78, 5) is 12.3. The molecular formula is C15H12ClFN2OS. The second kappa shape index (κ2) is 6.65. The molecule has 0 spiro atoms. The van der Waals surface area contributed by atoms with Gasteiger partial charge in [0.25, 0.3) is 5.91 Å². The molecular weight excluding hydrogens is 311 g/mol. The fourth-order valence-corrected chi connectivity index (χ4v) is 2.09. The zero-order valence-electron chi connectivity index (χ0n) is 10.9. The van der Waals surface area contributed by atoms with Crippen molar-refractivity contribution in [3.8, 4) is 0 Å². The molecule has 0 aliphatic carbocycles. The van der Waals surface area contributed by atoms with Crippen molar-refractivity contribution in [2.75, 3.05) is 0 Å². The van der Waals surface area contributed by atoms with Crippen LogP contribution in [0.25, 0.3) is 0 Å². The molecule has 21 heavy (non-hydrogen) atoms. The van der Waals surface area contributed by atoms with Crippen LogP contribution in [-0.4, -0.2) is 10.9 Å². The van der Waals surface area contributed by atoms with Crippen LogP contribution in [0.1, 0.15) is 21.5 Å². The average molecular weight is 323 g/mol. The number of hydrogen-bond donors (Lipinski definition) is 2. The largest absolute Gasteiger partial charge is 0.389 e. The van der Waals surface area contributed by atoms with Gasteiger partial charge in [-0.1, -0.05) is 54.2 Å². The Kier molecular flexibility index (Phi) is 4.88. The van der Waals surface area contributed by atoms with Crippen molar-refractivity contribution in [1.29, 1.82) is 0 Å². The Labute approximate surface area is 131 Å². The number of nitrogens with one attached hydrogen (secondary N) is 1. The second-order valence-corrected chi connectivity index (χ2v) is 5.16. The fourth-order valence-electron chi connectivity index (χ4n) is 1.74. The molecule has 0 radical (unpaired) electrons. The average Bonchev–Trinajstić information content (AvgIpc) is 2.48. The lowest BCUT2D eigenvalue weighted by atomic mass is 10.1. The Morgan fingerprint density at radius 1 is 1.24 bits per heavy atom. The third-order valence-electron chi connectivity index (χ3n) is 2.89. The number of carbonyl (C=O) groups excluding carboxylic acids is 1. The third-order valence-corrected chi connectivity index (χ3v) is 3.51. The van der Waals surface area contributed by atoms with Crippen molar-refractivity contribution < 1.29 is 9.18 Å². The standard InChI is InChI=1S/C15H12ClFN2OS/c16-13-11(2-1-3-12(13)17)15(20)19-8-9-4-6-10(7-5-9)14(18)21/h1-7H,8H2,(H2,18,21)(H,19,20). The topological polar surface area (TPSA) is 55.1 Å². The number of carbonyl (C=O) groups is 1. The van der Waals surface area contributed by atoms with Crippen LogP contribution in [-0.2, 0) is 6.54 Å². The molecule has 0 heterocycles. The van der Waals surface area contributed by atoms with E-state index in [4.69, 9.17) is 29.6 Å². The summed E-state index contributed by atoms with van der Waals surface area (Å²) >= 11 is 10.6. The Morgan fingerprint density at radius 2 is 1.90 bits per heavy atom. The summed E-state index contributed by atoms with van der Waals surface area (Å²) in [5, 5.41) is 2.50. The number of thiocarbonyl (C=S) groups is 1. The van der Waals surface area contributed by atoms with Crippen molar-refractivity contribution in [2.45, 2.75) is 6.54 Å². The molecule has 6 heteroatoms. The van der Waals surface area contributed by atoms with Gasteiger partial charge in [-0.15, -0.1) is 0 Å². The summed E-state index contributed by atoms with van der Waals surface area (Å²) in [5.41, 5.74) is 7.24. The highest BCUT2D eigenvalue weighted by Crippen LogP contribution is 2.19. The second-order valence-electron chi connectivity index (χ2n) is 4.35. The molecule has 2 aromatic carbocycles.